The van der Waals surface area contributed by atoms with E-state index < -0.39 is 0 Å². The average molecular weight is 485 g/mol. The first kappa shape index (κ1) is 26.4. The summed E-state index contributed by atoms with van der Waals surface area (Å²) in [6, 6.07) is 36.2. The lowest BCUT2D eigenvalue weighted by Gasteiger charge is -2.25. The van der Waals surface area contributed by atoms with Gasteiger partial charge in [-0.2, -0.15) is 0 Å². The third-order valence-corrected chi connectivity index (χ3v) is 7.31. The van der Waals surface area contributed by atoms with Crippen molar-refractivity contribution >= 4 is 43.1 Å². The molecule has 7 rings (SSSR count). The first-order valence-electron chi connectivity index (χ1n) is 14.0. The summed E-state index contributed by atoms with van der Waals surface area (Å²) in [5.74, 6) is 0. The summed E-state index contributed by atoms with van der Waals surface area (Å²) in [4.78, 5) is 0. The highest BCUT2D eigenvalue weighted by Crippen LogP contribution is 2.54. The summed E-state index contributed by atoms with van der Waals surface area (Å²) < 4.78 is 0. The van der Waals surface area contributed by atoms with E-state index in [2.05, 4.69) is 111 Å². The monoisotopic (exact) mass is 484 g/mol. The molecule has 1 aliphatic rings. The topological polar surface area (TPSA) is 0 Å². The summed E-state index contributed by atoms with van der Waals surface area (Å²) in [7, 11) is 0. The molecular formula is C37H40. The van der Waals surface area contributed by atoms with E-state index >= 15 is 0 Å². The largest absolute Gasteiger partial charge is 0.0683 e. The summed E-state index contributed by atoms with van der Waals surface area (Å²) in [6.07, 6.45) is 0. The molecule has 0 N–H and O–H groups in total. The Balaban J connectivity index is 0.000000500. The van der Waals surface area contributed by atoms with Crippen molar-refractivity contribution in [2.24, 2.45) is 0 Å². The van der Waals surface area contributed by atoms with Crippen molar-refractivity contribution in [2.75, 3.05) is 0 Å². The maximum absolute atomic E-state index is 2.40. The van der Waals surface area contributed by atoms with Gasteiger partial charge in [-0.3, -0.25) is 0 Å². The zero-order valence-corrected chi connectivity index (χ0v) is 23.7. The van der Waals surface area contributed by atoms with E-state index in [0.29, 0.717) is 0 Å². The predicted octanol–water partition coefficient (Wildman–Crippen LogP) is 11.7. The molecule has 1 aliphatic carbocycles. The van der Waals surface area contributed by atoms with Crippen LogP contribution < -0.4 is 0 Å². The van der Waals surface area contributed by atoms with Crippen LogP contribution >= 0.6 is 0 Å². The van der Waals surface area contributed by atoms with Crippen LogP contribution in [0.2, 0.25) is 0 Å². The minimum atomic E-state index is -0.0609. The van der Waals surface area contributed by atoms with Crippen LogP contribution in [0.5, 0.6) is 0 Å². The minimum Gasteiger partial charge on any atom is -0.0683 e. The zero-order chi connectivity index (χ0) is 26.7. The molecule has 0 saturated carbocycles. The van der Waals surface area contributed by atoms with Gasteiger partial charge >= 0.3 is 0 Å². The third kappa shape index (κ3) is 4.19. The molecule has 0 nitrogen and oxygen atoms in total. The lowest BCUT2D eigenvalue weighted by Crippen LogP contribution is -2.16. The highest BCUT2D eigenvalue weighted by molar-refractivity contribution is 6.09. The van der Waals surface area contributed by atoms with Crippen LogP contribution in [-0.2, 0) is 5.41 Å². The summed E-state index contributed by atoms with van der Waals surface area (Å²) >= 11 is 0. The second-order valence-corrected chi connectivity index (χ2v) is 9.44. The minimum absolute atomic E-state index is 0.0609. The highest BCUT2D eigenvalue weighted by Gasteiger charge is 2.38. The van der Waals surface area contributed by atoms with Gasteiger partial charge in [0.2, 0.25) is 0 Å². The fraction of sp³-hybridized carbons (Fsp3) is 0.243. The standard InChI is InChI=1S/C31H22.3C2H6/c1-31(2)29-25(13-11-23-15-19-7-3-5-9-21(19)17-27(23)29)26-14-12-24-16-20-8-4-6-10-22(20)18-28(24)30(26)31;3*1-2/h3-18H,1-2H3;3*1-2H3. The van der Waals surface area contributed by atoms with E-state index in [0.717, 1.165) is 0 Å². The van der Waals surface area contributed by atoms with Crippen molar-refractivity contribution in [1.82, 2.24) is 0 Å². The SMILES string of the molecule is CC.CC.CC.CC1(C)c2c(ccc3cc4ccccc4cc23)-c2ccc3cc4ccccc4cc3c21. The van der Waals surface area contributed by atoms with Crippen molar-refractivity contribution in [2.45, 2.75) is 60.8 Å². The molecule has 0 heteroatoms. The Morgan fingerprint density at radius 3 is 1.05 bits per heavy atom. The molecule has 0 aliphatic heterocycles. The summed E-state index contributed by atoms with van der Waals surface area (Å²) in [5, 5.41) is 10.6. The number of fused-ring (bicyclic) bond motifs is 9. The molecule has 0 saturated heterocycles. The van der Waals surface area contributed by atoms with E-state index in [1.54, 1.807) is 0 Å². The number of hydrogen-bond donors (Lipinski definition) is 0. The van der Waals surface area contributed by atoms with Crippen molar-refractivity contribution in [1.29, 1.82) is 0 Å². The first-order chi connectivity index (χ1) is 18.1. The number of rotatable bonds is 0. The van der Waals surface area contributed by atoms with Crippen LogP contribution in [0.25, 0.3) is 54.2 Å². The van der Waals surface area contributed by atoms with Gasteiger partial charge in [0.15, 0.2) is 0 Å². The van der Waals surface area contributed by atoms with Gasteiger partial charge in [0.05, 0.1) is 0 Å². The first-order valence-corrected chi connectivity index (χ1v) is 14.0. The van der Waals surface area contributed by atoms with Crippen molar-refractivity contribution in [3.05, 3.63) is 108 Å². The normalized spacial score (nSPS) is 12.5. The van der Waals surface area contributed by atoms with E-state index in [-0.39, 0.29) is 5.41 Å². The van der Waals surface area contributed by atoms with Gasteiger partial charge in [-0.05, 0) is 89.6 Å². The van der Waals surface area contributed by atoms with Crippen LogP contribution in [0, 0.1) is 0 Å². The second-order valence-electron chi connectivity index (χ2n) is 9.44. The highest BCUT2D eigenvalue weighted by atomic mass is 14.4. The average Bonchev–Trinajstić information content (AvgIpc) is 3.21. The van der Waals surface area contributed by atoms with E-state index in [1.807, 2.05) is 41.5 Å². The second kappa shape index (κ2) is 10.8. The molecule has 0 radical (unpaired) electrons. The molecule has 6 aromatic carbocycles. The summed E-state index contributed by atoms with van der Waals surface area (Å²) in [6.45, 7) is 16.8. The number of hydrogen-bond acceptors (Lipinski definition) is 0. The molecule has 0 bridgehead atoms. The molecule has 0 unspecified atom stereocenters. The van der Waals surface area contributed by atoms with Crippen LogP contribution in [0.1, 0.15) is 66.5 Å². The fourth-order valence-corrected chi connectivity index (χ4v) is 5.95. The maximum atomic E-state index is 2.40. The van der Waals surface area contributed by atoms with Crippen molar-refractivity contribution in [3.8, 4) is 11.1 Å². The maximum Gasteiger partial charge on any atom is 0.0171 e. The van der Waals surface area contributed by atoms with Gasteiger partial charge in [-0.15, -0.1) is 0 Å². The summed E-state index contributed by atoms with van der Waals surface area (Å²) in [5.41, 5.74) is 5.64. The van der Waals surface area contributed by atoms with Gasteiger partial charge < -0.3 is 0 Å². The molecule has 37 heavy (non-hydrogen) atoms. The van der Waals surface area contributed by atoms with E-state index in [1.165, 1.54) is 65.3 Å². The molecule has 0 aromatic heterocycles. The number of benzene rings is 6. The lowest BCUT2D eigenvalue weighted by atomic mass is 9.78. The Morgan fingerprint density at radius 2 is 0.703 bits per heavy atom. The lowest BCUT2D eigenvalue weighted by molar-refractivity contribution is 0.672. The van der Waals surface area contributed by atoms with Crippen molar-refractivity contribution in [3.63, 3.8) is 0 Å². The van der Waals surface area contributed by atoms with Crippen molar-refractivity contribution < 1.29 is 0 Å². The molecule has 188 valence electrons. The smallest absolute Gasteiger partial charge is 0.0171 e. The Labute approximate surface area is 223 Å². The van der Waals surface area contributed by atoms with Gasteiger partial charge in [0, 0.05) is 5.41 Å². The molecule has 0 atom stereocenters. The van der Waals surface area contributed by atoms with Crippen LogP contribution in [-0.4, -0.2) is 0 Å². The molecular weight excluding hydrogens is 444 g/mol. The third-order valence-electron chi connectivity index (χ3n) is 7.31. The fourth-order valence-electron chi connectivity index (χ4n) is 5.95. The Kier molecular flexibility index (Phi) is 7.69. The molecule has 0 fully saturated rings. The van der Waals surface area contributed by atoms with E-state index in [9.17, 15) is 0 Å². The van der Waals surface area contributed by atoms with Gasteiger partial charge in [0.1, 0.15) is 0 Å². The quantitative estimate of drug-likeness (QED) is 0.188. The molecule has 0 amide bonds. The van der Waals surface area contributed by atoms with Gasteiger partial charge in [-0.25, -0.2) is 0 Å². The molecule has 0 spiro atoms. The van der Waals surface area contributed by atoms with Crippen LogP contribution in [0.15, 0.2) is 97.1 Å². The molecule has 6 aromatic rings. The molecule has 0 heterocycles. The zero-order valence-electron chi connectivity index (χ0n) is 23.7. The van der Waals surface area contributed by atoms with Crippen LogP contribution in [0.3, 0.4) is 0 Å². The Bertz CT molecular complexity index is 1570. The van der Waals surface area contributed by atoms with Crippen LogP contribution in [0.4, 0.5) is 0 Å². The Hall–Kier alpha value is -3.64. The Morgan fingerprint density at radius 1 is 0.378 bits per heavy atom. The van der Waals surface area contributed by atoms with E-state index in [4.69, 9.17) is 0 Å². The van der Waals surface area contributed by atoms with Gasteiger partial charge in [-0.1, -0.05) is 128 Å². The van der Waals surface area contributed by atoms with Gasteiger partial charge in [0.25, 0.3) is 0 Å². The predicted molar refractivity (Wildman–Crippen MR) is 168 cm³/mol.